The lowest BCUT2D eigenvalue weighted by Gasteiger charge is -2.08. The van der Waals surface area contributed by atoms with E-state index in [1.807, 2.05) is 0 Å². The minimum absolute atomic E-state index is 0.123. The summed E-state index contributed by atoms with van der Waals surface area (Å²) in [6, 6.07) is 3.97. The maximum Gasteiger partial charge on any atom is 0.341 e. The molecule has 1 N–H and O–H groups in total. The van der Waals surface area contributed by atoms with Crippen LogP contribution < -0.4 is 4.74 Å². The number of hydrogen-bond acceptors (Lipinski definition) is 5. The van der Waals surface area contributed by atoms with Crippen molar-refractivity contribution >= 4 is 11.7 Å². The van der Waals surface area contributed by atoms with E-state index in [9.17, 15) is 19.3 Å². The zero-order valence-corrected chi connectivity index (χ0v) is 9.82. The standard InChI is InChI=1S/C12H7FN2O5/c13-7-1-2-11(9(5-7)15(18)19)20-10-3-4-14-6-8(10)12(16)17/h1-6H,(H,16,17). The molecule has 0 radical (unpaired) electrons. The molecule has 0 spiro atoms. The van der Waals surface area contributed by atoms with E-state index in [-0.39, 0.29) is 17.1 Å². The normalized spacial score (nSPS) is 10.1. The van der Waals surface area contributed by atoms with Gasteiger partial charge in [-0.1, -0.05) is 0 Å². The summed E-state index contributed by atoms with van der Waals surface area (Å²) >= 11 is 0. The van der Waals surface area contributed by atoms with Gasteiger partial charge in [-0.2, -0.15) is 0 Å². The lowest BCUT2D eigenvalue weighted by Crippen LogP contribution is -2.02. The van der Waals surface area contributed by atoms with E-state index in [4.69, 9.17) is 9.84 Å². The van der Waals surface area contributed by atoms with Crippen LogP contribution in [0.1, 0.15) is 10.4 Å². The quantitative estimate of drug-likeness (QED) is 0.681. The molecular formula is C12H7FN2O5. The first-order valence-corrected chi connectivity index (χ1v) is 5.28. The number of nitrogens with zero attached hydrogens (tertiary/aromatic N) is 2. The van der Waals surface area contributed by atoms with E-state index < -0.39 is 22.4 Å². The van der Waals surface area contributed by atoms with Gasteiger partial charge in [0.25, 0.3) is 0 Å². The van der Waals surface area contributed by atoms with Crippen molar-refractivity contribution in [1.29, 1.82) is 0 Å². The van der Waals surface area contributed by atoms with Crippen molar-refractivity contribution in [2.75, 3.05) is 0 Å². The van der Waals surface area contributed by atoms with Gasteiger partial charge in [0.1, 0.15) is 17.1 Å². The average molecular weight is 278 g/mol. The van der Waals surface area contributed by atoms with Crippen molar-refractivity contribution in [3.8, 4) is 11.5 Å². The molecule has 102 valence electrons. The van der Waals surface area contributed by atoms with Crippen molar-refractivity contribution in [2.45, 2.75) is 0 Å². The number of aromatic nitrogens is 1. The molecule has 1 aromatic heterocycles. The second-order valence-corrected chi connectivity index (χ2v) is 3.65. The Kier molecular flexibility index (Phi) is 3.56. The first-order chi connectivity index (χ1) is 9.49. The first kappa shape index (κ1) is 13.4. The number of hydrogen-bond donors (Lipinski definition) is 1. The fraction of sp³-hybridized carbons (Fsp3) is 0. The summed E-state index contributed by atoms with van der Waals surface area (Å²) in [5.41, 5.74) is -0.857. The smallest absolute Gasteiger partial charge is 0.341 e. The minimum Gasteiger partial charge on any atom is -0.477 e. The Morgan fingerprint density at radius 1 is 1.35 bits per heavy atom. The number of benzene rings is 1. The molecule has 0 fully saturated rings. The van der Waals surface area contributed by atoms with Crippen molar-refractivity contribution in [1.82, 2.24) is 4.98 Å². The van der Waals surface area contributed by atoms with Crippen LogP contribution in [-0.4, -0.2) is 21.0 Å². The largest absolute Gasteiger partial charge is 0.477 e. The number of carboxylic acids is 1. The van der Waals surface area contributed by atoms with E-state index in [1.165, 1.54) is 12.3 Å². The first-order valence-electron chi connectivity index (χ1n) is 5.28. The molecule has 2 aromatic rings. The molecular weight excluding hydrogens is 271 g/mol. The van der Waals surface area contributed by atoms with Gasteiger partial charge in [0.15, 0.2) is 0 Å². The van der Waals surface area contributed by atoms with Crippen LogP contribution >= 0.6 is 0 Å². The predicted octanol–water partition coefficient (Wildman–Crippen LogP) is 2.62. The third kappa shape index (κ3) is 2.69. The number of aromatic carboxylic acids is 1. The van der Waals surface area contributed by atoms with Crippen LogP contribution in [0.3, 0.4) is 0 Å². The minimum atomic E-state index is -1.29. The van der Waals surface area contributed by atoms with Gasteiger partial charge < -0.3 is 9.84 Å². The van der Waals surface area contributed by atoms with E-state index in [1.54, 1.807) is 0 Å². The molecule has 0 unspecified atom stereocenters. The van der Waals surface area contributed by atoms with Gasteiger partial charge in [-0.15, -0.1) is 0 Å². The molecule has 1 heterocycles. The summed E-state index contributed by atoms with van der Waals surface area (Å²) in [6.07, 6.45) is 2.32. The second kappa shape index (κ2) is 5.31. The van der Waals surface area contributed by atoms with Gasteiger partial charge in [-0.05, 0) is 12.1 Å². The Hall–Kier alpha value is -3.03. The van der Waals surface area contributed by atoms with Gasteiger partial charge in [-0.3, -0.25) is 15.1 Å². The van der Waals surface area contributed by atoms with Crippen molar-refractivity contribution < 1.29 is 24.0 Å². The number of carbonyl (C=O) groups is 1. The fourth-order valence-corrected chi connectivity index (χ4v) is 1.47. The molecule has 0 atom stereocenters. The van der Waals surface area contributed by atoms with Crippen molar-refractivity contribution in [3.05, 3.63) is 58.2 Å². The summed E-state index contributed by atoms with van der Waals surface area (Å²) in [4.78, 5) is 24.6. The number of carboxylic acid groups (broad SMARTS) is 1. The monoisotopic (exact) mass is 278 g/mol. The summed E-state index contributed by atoms with van der Waals surface area (Å²) in [6.45, 7) is 0. The lowest BCUT2D eigenvalue weighted by molar-refractivity contribution is -0.385. The number of nitro benzene ring substituents is 1. The van der Waals surface area contributed by atoms with E-state index in [2.05, 4.69) is 4.98 Å². The average Bonchev–Trinajstić information content (AvgIpc) is 2.41. The maximum absolute atomic E-state index is 13.0. The van der Waals surface area contributed by atoms with E-state index in [0.717, 1.165) is 18.3 Å². The van der Waals surface area contributed by atoms with Crippen LogP contribution in [0.4, 0.5) is 10.1 Å². The van der Waals surface area contributed by atoms with Crippen molar-refractivity contribution in [3.63, 3.8) is 0 Å². The molecule has 0 amide bonds. The van der Waals surface area contributed by atoms with Gasteiger partial charge in [-0.25, -0.2) is 9.18 Å². The van der Waals surface area contributed by atoms with Crippen LogP contribution in [0.25, 0.3) is 0 Å². The molecule has 20 heavy (non-hydrogen) atoms. The van der Waals surface area contributed by atoms with Crippen LogP contribution in [-0.2, 0) is 0 Å². The molecule has 1 aromatic carbocycles. The highest BCUT2D eigenvalue weighted by molar-refractivity contribution is 5.90. The third-order valence-corrected chi connectivity index (χ3v) is 2.35. The van der Waals surface area contributed by atoms with Crippen LogP contribution in [0.5, 0.6) is 11.5 Å². The number of nitro groups is 1. The lowest BCUT2D eigenvalue weighted by atomic mass is 10.2. The maximum atomic E-state index is 13.0. The topological polar surface area (TPSA) is 103 Å². The Bertz CT molecular complexity index is 689. The molecule has 0 bridgehead atoms. The number of rotatable bonds is 4. The van der Waals surface area contributed by atoms with Gasteiger partial charge in [0.2, 0.25) is 5.75 Å². The Morgan fingerprint density at radius 3 is 2.75 bits per heavy atom. The Labute approximate surface area is 111 Å². The third-order valence-electron chi connectivity index (χ3n) is 2.35. The molecule has 2 rings (SSSR count). The molecule has 0 aliphatic heterocycles. The summed E-state index contributed by atoms with van der Waals surface area (Å²) in [5.74, 6) is -2.47. The second-order valence-electron chi connectivity index (χ2n) is 3.65. The molecule has 0 saturated heterocycles. The Balaban J connectivity index is 2.45. The van der Waals surface area contributed by atoms with E-state index >= 15 is 0 Å². The highest BCUT2D eigenvalue weighted by Crippen LogP contribution is 2.33. The van der Waals surface area contributed by atoms with E-state index in [0.29, 0.717) is 6.07 Å². The number of halogens is 1. The van der Waals surface area contributed by atoms with Gasteiger partial charge in [0, 0.05) is 18.5 Å². The van der Waals surface area contributed by atoms with Crippen LogP contribution in [0, 0.1) is 15.9 Å². The van der Waals surface area contributed by atoms with Crippen molar-refractivity contribution in [2.24, 2.45) is 0 Å². The predicted molar refractivity (Wildman–Crippen MR) is 64.3 cm³/mol. The van der Waals surface area contributed by atoms with Crippen LogP contribution in [0.2, 0.25) is 0 Å². The molecule has 0 saturated carbocycles. The summed E-state index contributed by atoms with van der Waals surface area (Å²) < 4.78 is 18.2. The number of ether oxygens (including phenoxy) is 1. The SMILES string of the molecule is O=C(O)c1cnccc1Oc1ccc(F)cc1[N+](=O)[O-]. The van der Waals surface area contributed by atoms with Crippen LogP contribution in [0.15, 0.2) is 36.7 Å². The molecule has 0 aliphatic rings. The number of pyridine rings is 1. The zero-order valence-electron chi connectivity index (χ0n) is 9.82. The highest BCUT2D eigenvalue weighted by atomic mass is 19.1. The summed E-state index contributed by atoms with van der Waals surface area (Å²) in [5, 5.41) is 19.8. The fourth-order valence-electron chi connectivity index (χ4n) is 1.47. The molecule has 7 nitrogen and oxygen atoms in total. The summed E-state index contributed by atoms with van der Waals surface area (Å²) in [7, 11) is 0. The Morgan fingerprint density at radius 2 is 2.10 bits per heavy atom. The zero-order chi connectivity index (χ0) is 14.7. The molecule has 0 aliphatic carbocycles. The van der Waals surface area contributed by atoms with Gasteiger partial charge >= 0.3 is 11.7 Å². The highest BCUT2D eigenvalue weighted by Gasteiger charge is 2.19. The van der Waals surface area contributed by atoms with Gasteiger partial charge in [0.05, 0.1) is 11.0 Å². The molecule has 8 heteroatoms.